The molecule has 8 nitrogen and oxygen atoms in total. The van der Waals surface area contributed by atoms with Crippen LogP contribution in [-0.4, -0.2) is 62.3 Å². The molecular formula is C22H29N7O. The predicted molar refractivity (Wildman–Crippen MR) is 118 cm³/mol. The van der Waals surface area contributed by atoms with Crippen molar-refractivity contribution in [3.63, 3.8) is 0 Å². The Morgan fingerprint density at radius 1 is 1.20 bits per heavy atom. The van der Waals surface area contributed by atoms with E-state index in [2.05, 4.69) is 29.9 Å². The molecule has 0 aliphatic carbocycles. The fraction of sp³-hybridized carbons (Fsp3) is 0.500. The summed E-state index contributed by atoms with van der Waals surface area (Å²) in [6, 6.07) is 6.48. The number of nitrogens with one attached hydrogen (secondary N) is 2. The smallest absolute Gasteiger partial charge is 0.155 e. The largest absolute Gasteiger partial charge is 0.390 e. The third-order valence-corrected chi connectivity index (χ3v) is 6.32. The van der Waals surface area contributed by atoms with Gasteiger partial charge in [-0.3, -0.25) is 4.40 Å². The number of pyridine rings is 1. The van der Waals surface area contributed by atoms with Crippen molar-refractivity contribution in [2.24, 2.45) is 5.92 Å². The summed E-state index contributed by atoms with van der Waals surface area (Å²) in [6.07, 6.45) is 7.77. The lowest BCUT2D eigenvalue weighted by atomic mass is 9.90. The zero-order chi connectivity index (χ0) is 20.7. The second kappa shape index (κ2) is 7.52. The van der Waals surface area contributed by atoms with Crippen LogP contribution in [0.25, 0.3) is 17.0 Å². The van der Waals surface area contributed by atoms with Gasteiger partial charge in [0.05, 0.1) is 35.6 Å². The van der Waals surface area contributed by atoms with E-state index in [1.165, 1.54) is 0 Å². The zero-order valence-corrected chi connectivity index (χ0v) is 17.5. The Kier molecular flexibility index (Phi) is 4.83. The highest BCUT2D eigenvalue weighted by atomic mass is 16.3. The third-order valence-electron chi connectivity index (χ3n) is 6.32. The average Bonchev–Trinajstić information content (AvgIpc) is 3.47. The van der Waals surface area contributed by atoms with Gasteiger partial charge in [-0.05, 0) is 45.4 Å². The van der Waals surface area contributed by atoms with Gasteiger partial charge in [0.25, 0.3) is 0 Å². The van der Waals surface area contributed by atoms with Crippen LogP contribution in [0.15, 0.2) is 36.8 Å². The molecule has 2 fully saturated rings. The Hall–Kier alpha value is -2.71. The van der Waals surface area contributed by atoms with Gasteiger partial charge in [0.15, 0.2) is 5.65 Å². The van der Waals surface area contributed by atoms with Crippen LogP contribution >= 0.6 is 0 Å². The molecule has 8 heteroatoms. The third kappa shape index (κ3) is 3.73. The molecule has 3 N–H and O–H groups in total. The van der Waals surface area contributed by atoms with Gasteiger partial charge >= 0.3 is 0 Å². The van der Waals surface area contributed by atoms with Gasteiger partial charge in [0.2, 0.25) is 0 Å². The average molecular weight is 408 g/mol. The lowest BCUT2D eigenvalue weighted by Crippen LogP contribution is -2.33. The van der Waals surface area contributed by atoms with Gasteiger partial charge in [0, 0.05) is 31.6 Å². The highest BCUT2D eigenvalue weighted by Crippen LogP contribution is 2.30. The van der Waals surface area contributed by atoms with Gasteiger partial charge in [-0.15, -0.1) is 0 Å². The van der Waals surface area contributed by atoms with E-state index in [0.717, 1.165) is 67.7 Å². The first kappa shape index (κ1) is 19.3. The van der Waals surface area contributed by atoms with E-state index in [1.807, 2.05) is 50.6 Å². The second-order valence-corrected chi connectivity index (χ2v) is 8.94. The van der Waals surface area contributed by atoms with Gasteiger partial charge in [-0.25, -0.2) is 15.0 Å². The SMILES string of the molecule is CC(C)(O)C1CCN(c2cn3c(-c4cccc(N[C@@H]5CCNC5)n4)cnc3cn2)C1. The van der Waals surface area contributed by atoms with Gasteiger partial charge in [-0.1, -0.05) is 6.07 Å². The van der Waals surface area contributed by atoms with E-state index in [-0.39, 0.29) is 5.92 Å². The molecule has 5 heterocycles. The van der Waals surface area contributed by atoms with Crippen LogP contribution in [0.2, 0.25) is 0 Å². The zero-order valence-electron chi connectivity index (χ0n) is 17.5. The minimum Gasteiger partial charge on any atom is -0.390 e. The molecular weight excluding hydrogens is 378 g/mol. The summed E-state index contributed by atoms with van der Waals surface area (Å²) in [6.45, 7) is 7.49. The number of hydrogen-bond acceptors (Lipinski definition) is 7. The molecule has 0 spiro atoms. The minimum absolute atomic E-state index is 0.242. The van der Waals surface area contributed by atoms with Crippen molar-refractivity contribution in [3.8, 4) is 11.4 Å². The molecule has 0 amide bonds. The van der Waals surface area contributed by atoms with Crippen LogP contribution in [0.5, 0.6) is 0 Å². The topological polar surface area (TPSA) is 90.6 Å². The highest BCUT2D eigenvalue weighted by Gasteiger charge is 2.34. The first-order valence-electron chi connectivity index (χ1n) is 10.7. The molecule has 0 saturated carbocycles. The molecule has 158 valence electrons. The Bertz CT molecular complexity index is 1040. The van der Waals surface area contributed by atoms with E-state index in [1.54, 1.807) is 0 Å². The Morgan fingerprint density at radius 2 is 2.10 bits per heavy atom. The maximum absolute atomic E-state index is 10.4. The van der Waals surface area contributed by atoms with E-state index in [0.29, 0.717) is 6.04 Å². The monoisotopic (exact) mass is 407 g/mol. The number of imidazole rings is 1. The summed E-state index contributed by atoms with van der Waals surface area (Å²) in [5.41, 5.74) is 1.95. The fourth-order valence-electron chi connectivity index (χ4n) is 4.42. The quantitative estimate of drug-likeness (QED) is 0.597. The number of anilines is 2. The fourth-order valence-corrected chi connectivity index (χ4v) is 4.42. The summed E-state index contributed by atoms with van der Waals surface area (Å²) < 4.78 is 2.06. The number of nitrogens with zero attached hydrogens (tertiary/aromatic N) is 5. The Morgan fingerprint density at radius 3 is 2.87 bits per heavy atom. The van der Waals surface area contributed by atoms with Crippen LogP contribution in [0.1, 0.15) is 26.7 Å². The molecule has 2 aliphatic heterocycles. The summed E-state index contributed by atoms with van der Waals surface area (Å²) in [5, 5.41) is 17.3. The summed E-state index contributed by atoms with van der Waals surface area (Å²) in [7, 11) is 0. The summed E-state index contributed by atoms with van der Waals surface area (Å²) in [5.74, 6) is 2.03. The number of hydrogen-bond donors (Lipinski definition) is 3. The Labute approximate surface area is 176 Å². The van der Waals surface area contributed by atoms with Crippen molar-refractivity contribution < 1.29 is 5.11 Å². The number of fused-ring (bicyclic) bond motifs is 1. The summed E-state index contributed by atoms with van der Waals surface area (Å²) >= 11 is 0. The van der Waals surface area contributed by atoms with E-state index in [9.17, 15) is 5.11 Å². The molecule has 0 radical (unpaired) electrons. The van der Waals surface area contributed by atoms with Crippen LogP contribution in [0.3, 0.4) is 0 Å². The molecule has 2 aliphatic rings. The van der Waals surface area contributed by atoms with Crippen molar-refractivity contribution in [1.29, 1.82) is 0 Å². The molecule has 1 unspecified atom stereocenters. The number of aliphatic hydroxyl groups is 1. The van der Waals surface area contributed by atoms with Gasteiger partial charge < -0.3 is 20.6 Å². The van der Waals surface area contributed by atoms with Crippen molar-refractivity contribution in [3.05, 3.63) is 36.8 Å². The molecule has 2 atom stereocenters. The molecule has 2 saturated heterocycles. The van der Waals surface area contributed by atoms with Gasteiger partial charge in [0.1, 0.15) is 11.6 Å². The maximum Gasteiger partial charge on any atom is 0.155 e. The van der Waals surface area contributed by atoms with Crippen LogP contribution in [0.4, 0.5) is 11.6 Å². The molecule has 3 aromatic rings. The Balaban J connectivity index is 1.42. The molecule has 0 bridgehead atoms. The van der Waals surface area contributed by atoms with Crippen molar-refractivity contribution in [2.45, 2.75) is 38.3 Å². The lowest BCUT2D eigenvalue weighted by Gasteiger charge is -2.25. The maximum atomic E-state index is 10.4. The van der Waals surface area contributed by atoms with E-state index in [4.69, 9.17) is 4.98 Å². The van der Waals surface area contributed by atoms with E-state index < -0.39 is 5.60 Å². The van der Waals surface area contributed by atoms with E-state index >= 15 is 0 Å². The normalized spacial score (nSPS) is 22.2. The van der Waals surface area contributed by atoms with Crippen LogP contribution < -0.4 is 15.5 Å². The first-order valence-corrected chi connectivity index (χ1v) is 10.7. The number of rotatable bonds is 5. The molecule has 3 aromatic heterocycles. The molecule has 0 aromatic carbocycles. The standard InChI is InChI=1S/C22H29N7O/c1-22(2,30)15-7-9-28(13-15)21-14-29-18(11-24-20(29)12-25-21)17-4-3-5-19(27-17)26-16-6-8-23-10-16/h3-5,11-12,14-16,23,30H,6-10,13H2,1-2H3,(H,26,27)/t15?,16-/m1/s1. The van der Waals surface area contributed by atoms with Crippen molar-refractivity contribution in [2.75, 3.05) is 36.4 Å². The van der Waals surface area contributed by atoms with Crippen LogP contribution in [-0.2, 0) is 0 Å². The highest BCUT2D eigenvalue weighted by molar-refractivity contribution is 5.62. The minimum atomic E-state index is -0.675. The molecule has 5 rings (SSSR count). The van der Waals surface area contributed by atoms with Gasteiger partial charge in [-0.2, -0.15) is 0 Å². The second-order valence-electron chi connectivity index (χ2n) is 8.94. The lowest BCUT2D eigenvalue weighted by molar-refractivity contribution is 0.0263. The predicted octanol–water partition coefficient (Wildman–Crippen LogP) is 2.16. The summed E-state index contributed by atoms with van der Waals surface area (Å²) in [4.78, 5) is 16.2. The first-order chi connectivity index (χ1) is 14.5. The molecule has 30 heavy (non-hydrogen) atoms. The number of aromatic nitrogens is 4. The van der Waals surface area contributed by atoms with Crippen molar-refractivity contribution in [1.82, 2.24) is 24.7 Å². The van der Waals surface area contributed by atoms with Crippen molar-refractivity contribution >= 4 is 17.3 Å². The van der Waals surface area contributed by atoms with Crippen LogP contribution in [0, 0.1) is 5.92 Å².